The summed E-state index contributed by atoms with van der Waals surface area (Å²) in [5.74, 6) is 0. The summed E-state index contributed by atoms with van der Waals surface area (Å²) in [5, 5.41) is 2.27. The maximum atomic E-state index is 12.8. The van der Waals surface area contributed by atoms with Crippen molar-refractivity contribution in [3.05, 3.63) is 115 Å². The van der Waals surface area contributed by atoms with Gasteiger partial charge in [0.2, 0.25) is 0 Å². The summed E-state index contributed by atoms with van der Waals surface area (Å²) >= 11 is 0. The van der Waals surface area contributed by atoms with E-state index in [1.54, 1.807) is 27.3 Å². The number of aryl methyl sites for hydroxylation is 5. The molecule has 0 aliphatic carbocycles. The number of aldehydes is 2. The molecule has 10 heteroatoms. The second kappa shape index (κ2) is 30.7. The zero-order chi connectivity index (χ0) is 39.2. The minimum Gasteiger partial charge on any atom is -0.357 e. The first-order valence-corrected chi connectivity index (χ1v) is 17.3. The summed E-state index contributed by atoms with van der Waals surface area (Å²) in [6.07, 6.45) is -1.37. The smallest absolute Gasteiger partial charge is 0.197 e. The quantitative estimate of drug-likeness (QED) is 0.100. The van der Waals surface area contributed by atoms with Gasteiger partial charge >= 0.3 is 0 Å². The molecule has 53 heavy (non-hydrogen) atoms. The van der Waals surface area contributed by atoms with Gasteiger partial charge in [-0.3, -0.25) is 4.79 Å². The third kappa shape index (κ3) is 14.5. The predicted octanol–water partition coefficient (Wildman–Crippen LogP) is 10.1. The Labute approximate surface area is 420 Å². The third-order valence-corrected chi connectivity index (χ3v) is 7.62. The van der Waals surface area contributed by atoms with Gasteiger partial charge < -0.3 is 23.5 Å². The Hall–Kier alpha value is -0.424. The van der Waals surface area contributed by atoms with Gasteiger partial charge in [0.15, 0.2) is 5.43 Å². The van der Waals surface area contributed by atoms with Crippen molar-refractivity contribution in [2.45, 2.75) is 103 Å². The minimum atomic E-state index is -0.697. The molecule has 0 atom stereocenters. The summed E-state index contributed by atoms with van der Waals surface area (Å²) in [7, 11) is 0. The fourth-order valence-corrected chi connectivity index (χ4v) is 5.41. The van der Waals surface area contributed by atoms with Crippen LogP contribution in [0.1, 0.15) is 85.9 Å². The number of fused-ring (bicyclic) bond motifs is 4. The molecule has 4 aromatic carbocycles. The molecule has 0 N–H and O–H groups in total. The number of rotatable bonds is 4. The third-order valence-electron chi connectivity index (χ3n) is 7.62. The molecule has 6 nitrogen and oxygen atoms in total. The summed E-state index contributed by atoms with van der Waals surface area (Å²) < 4.78 is 18.1. The average Bonchev–Trinajstić information content (AvgIpc) is 3.13. The Bertz CT molecular complexity index is 2200. The fraction of sp³-hybridized carbons (Fsp3) is 0.349. The maximum Gasteiger partial charge on any atom is 0.197 e. The molecule has 4 radical (unpaired) electrons. The van der Waals surface area contributed by atoms with Crippen molar-refractivity contribution in [3.8, 4) is 0 Å². The summed E-state index contributed by atoms with van der Waals surface area (Å²) in [6, 6.07) is 21.6. The molecule has 0 bridgehead atoms. The second-order valence-electron chi connectivity index (χ2n) is 10.5. The van der Waals surface area contributed by atoms with Gasteiger partial charge in [-0.25, -0.2) is 0 Å². The van der Waals surface area contributed by atoms with Crippen LogP contribution in [0.2, 0.25) is 0 Å². The van der Waals surface area contributed by atoms with Crippen molar-refractivity contribution in [2.75, 3.05) is 0 Å². The molecule has 0 aliphatic heterocycles. The van der Waals surface area contributed by atoms with Gasteiger partial charge in [0, 0.05) is 147 Å². The first-order valence-electron chi connectivity index (χ1n) is 18.3. The van der Waals surface area contributed by atoms with E-state index in [1.165, 1.54) is 0 Å². The summed E-state index contributed by atoms with van der Waals surface area (Å²) in [6.45, 7) is 25.6. The van der Waals surface area contributed by atoms with Crippen LogP contribution >= 0.6 is 0 Å². The fourth-order valence-electron chi connectivity index (χ4n) is 5.41. The van der Waals surface area contributed by atoms with Crippen molar-refractivity contribution < 1.29 is 143 Å². The van der Waals surface area contributed by atoms with Gasteiger partial charge in [-0.15, -0.1) is 0 Å². The maximum absolute atomic E-state index is 12.8. The van der Waals surface area contributed by atoms with Crippen LogP contribution in [0, 0.1) is 40.7 Å². The molecule has 2 heterocycles. The van der Waals surface area contributed by atoms with E-state index in [9.17, 15) is 19.2 Å². The zero-order valence-electron chi connectivity index (χ0n) is 36.0. The normalized spacial score (nSPS) is 9.60. The van der Waals surface area contributed by atoms with E-state index in [2.05, 4.69) is 6.07 Å². The van der Waals surface area contributed by atoms with E-state index in [-0.39, 0.29) is 155 Å². The van der Waals surface area contributed by atoms with Crippen molar-refractivity contribution in [1.82, 2.24) is 9.13 Å². The van der Waals surface area contributed by atoms with E-state index in [0.717, 1.165) is 33.3 Å². The number of aromatic nitrogens is 2. The number of pyridine rings is 2. The molecule has 0 aliphatic rings. The van der Waals surface area contributed by atoms with Crippen LogP contribution in [0.5, 0.6) is 0 Å². The number of carbonyl (C=O) groups excluding carboxylic acids is 2. The molecule has 0 saturated heterocycles. The van der Waals surface area contributed by atoms with Crippen molar-refractivity contribution in [1.29, 1.82) is 0 Å². The van der Waals surface area contributed by atoms with Crippen LogP contribution in [0.25, 0.3) is 43.6 Å². The van der Waals surface area contributed by atoms with Crippen LogP contribution in [0.4, 0.5) is 0 Å². The van der Waals surface area contributed by atoms with Gasteiger partial charge in [0.25, 0.3) is 0 Å². The van der Waals surface area contributed by atoms with Gasteiger partial charge in [-0.1, -0.05) is 91.4 Å². The van der Waals surface area contributed by atoms with Crippen LogP contribution < -0.4 is 10.9 Å². The van der Waals surface area contributed by atoms with E-state index < -0.39 is 12.5 Å². The Kier molecular flexibility index (Phi) is 31.6. The van der Waals surface area contributed by atoms with Gasteiger partial charge in [0.05, 0.1) is 29.6 Å². The molecule has 274 valence electrons. The summed E-state index contributed by atoms with van der Waals surface area (Å²) in [5.41, 5.74) is 7.57. The first-order chi connectivity index (χ1) is 24.4. The Morgan fingerprint density at radius 3 is 1.43 bits per heavy atom. The number of nitrogens with zero attached hydrogens (tertiary/aromatic N) is 2. The standard InChI is InChI=1S/C18H17NO2.C17H14NO2.4C2H6.4Y/c1-11-4-6-14-16(10-11)19(8-9-20)17-13(3)12(2)5-7-15(17)18(14)21;1-11-3-5-13-15(9-11)18(7-8-19)16-10-12(2)4-6-14(16)17(13)20;4*1-2;;;;/h4-7,9-10H,8H2,1-3H3;3-6,8-9H,7H2,1-2H3;4*1-2H3;;;;/q;-1;;;;;;;;/i9T;8T;;;;;;;;. The van der Waals surface area contributed by atoms with E-state index >= 15 is 0 Å². The Morgan fingerprint density at radius 1 is 0.566 bits per heavy atom. The molecule has 0 amide bonds. The first kappa shape index (κ1) is 54.7. The molecule has 2 aromatic heterocycles. The SMILES string of the molecule is CC.CC.CC.CC.[3H]C(=O)Cn1c2[c-]c(C)ccc2c(=O)c2ccc(C)cc21.[3H]C(=O)Cn1c2cc(C)ccc2c(=O)c2ccc(C)c(C)c21.[Y].[Y].[Y].[Y]. The second-order valence-corrected chi connectivity index (χ2v) is 10.5. The predicted molar refractivity (Wildman–Crippen MR) is 211 cm³/mol. The molecule has 0 unspecified atom stereocenters. The topological polar surface area (TPSA) is 78.1 Å². The molecule has 0 saturated carbocycles. The van der Waals surface area contributed by atoms with Gasteiger partial charge in [0.1, 0.15) is 20.7 Å². The van der Waals surface area contributed by atoms with Crippen LogP contribution in [0.3, 0.4) is 0 Å². The summed E-state index contributed by atoms with van der Waals surface area (Å²) in [4.78, 5) is 48.1. The zero-order valence-corrected chi connectivity index (χ0v) is 45.4. The number of hydrogen-bond donors (Lipinski definition) is 0. The Balaban J connectivity index is -0.000000377. The minimum absolute atomic E-state index is 0. The number of benzene rings is 4. The molecular weight excluding hydrogens is 964 g/mol. The van der Waals surface area contributed by atoms with Crippen LogP contribution in [-0.2, 0) is 154 Å². The van der Waals surface area contributed by atoms with Gasteiger partial charge in [-0.05, 0) is 80.3 Å². The average molecular weight is 1020 g/mol. The van der Waals surface area contributed by atoms with E-state index in [0.29, 0.717) is 38.1 Å². The van der Waals surface area contributed by atoms with Gasteiger partial charge in [-0.2, -0.15) is 23.8 Å². The number of carbonyl (C=O) groups is 2. The number of hydrogen-bond acceptors (Lipinski definition) is 4. The molecule has 6 rings (SSSR count). The molecular formula is C43H55N2O4Y4-. The largest absolute Gasteiger partial charge is 0.357 e. The van der Waals surface area contributed by atoms with Crippen molar-refractivity contribution >= 4 is 56.1 Å². The van der Waals surface area contributed by atoms with E-state index in [4.69, 9.17) is 2.74 Å². The van der Waals surface area contributed by atoms with Crippen molar-refractivity contribution in [2.24, 2.45) is 0 Å². The van der Waals surface area contributed by atoms with Crippen LogP contribution in [-0.4, -0.2) is 21.7 Å². The van der Waals surface area contributed by atoms with E-state index in [1.807, 2.05) is 132 Å². The molecule has 0 spiro atoms. The molecule has 6 aromatic rings. The Morgan fingerprint density at radius 2 is 0.962 bits per heavy atom. The van der Waals surface area contributed by atoms with Crippen molar-refractivity contribution in [3.63, 3.8) is 0 Å². The monoisotopic (exact) mass is 1020 g/mol. The molecule has 0 fully saturated rings. The van der Waals surface area contributed by atoms with Crippen LogP contribution in [0.15, 0.2) is 70.3 Å².